The Labute approximate surface area is 93.7 Å². The molecule has 1 N–H and O–H groups in total. The Kier molecular flexibility index (Phi) is 2.15. The molecule has 0 bridgehead atoms. The van der Waals surface area contributed by atoms with Crippen molar-refractivity contribution in [2.45, 2.75) is 9.64 Å². The van der Waals surface area contributed by atoms with E-state index in [4.69, 9.17) is 43.0 Å². The third-order valence-corrected chi connectivity index (χ3v) is 3.42. The van der Waals surface area contributed by atoms with E-state index in [1.165, 1.54) is 0 Å². The van der Waals surface area contributed by atoms with Gasteiger partial charge in [-0.25, -0.2) is 0 Å². The Bertz CT molecular complexity index is 317. The number of rotatable bonds is 3. The van der Waals surface area contributed by atoms with E-state index in [-0.39, 0.29) is 0 Å². The van der Waals surface area contributed by atoms with Gasteiger partial charge in [0.15, 0.2) is 0 Å². The summed E-state index contributed by atoms with van der Waals surface area (Å²) in [5.74, 6) is -2.59. The van der Waals surface area contributed by atoms with Gasteiger partial charge < -0.3 is 14.2 Å². The van der Waals surface area contributed by atoms with Crippen LogP contribution in [0.2, 0.25) is 0 Å². The fourth-order valence-corrected chi connectivity index (χ4v) is 1.97. The third kappa shape index (κ3) is 3.04. The molecule has 0 rings (SSSR count). The summed E-state index contributed by atoms with van der Waals surface area (Å²) < 4.78 is 57.5. The van der Waals surface area contributed by atoms with E-state index in [2.05, 4.69) is 9.05 Å². The molecule has 0 aliphatic heterocycles. The maximum absolute atomic E-state index is 11.9. The lowest BCUT2D eigenvalue weighted by Gasteiger charge is -2.24. The maximum Gasteiger partial charge on any atom is 0.362 e. The van der Waals surface area contributed by atoms with E-state index in [0.29, 0.717) is 0 Å². The summed E-state index contributed by atoms with van der Waals surface area (Å²) in [6, 6.07) is 0. The lowest BCUT2D eigenvalue weighted by Crippen LogP contribution is -2.26. The molecule has 8 heteroatoms. The van der Waals surface area contributed by atoms with Gasteiger partial charge in [0.2, 0.25) is 9.64 Å². The molecule has 1 unspecified atom stereocenters. The zero-order chi connectivity index (χ0) is 15.0. The minimum atomic E-state index is -5.14. The molecule has 0 saturated carbocycles. The molecular formula is C4H8Cl3O4P. The van der Waals surface area contributed by atoms with Gasteiger partial charge in [-0.3, -0.25) is 4.57 Å². The Morgan fingerprint density at radius 1 is 1.50 bits per heavy atom. The van der Waals surface area contributed by atoms with Gasteiger partial charge in [0.25, 0.3) is 0 Å². The molecule has 0 aromatic carbocycles. The number of aliphatic hydroxyl groups excluding tert-OH is 1. The van der Waals surface area contributed by atoms with Crippen LogP contribution >= 0.6 is 42.4 Å². The average Bonchev–Trinajstić information content (AvgIpc) is 1.92. The molecular weight excluding hydrogens is 251 g/mol. The summed E-state index contributed by atoms with van der Waals surface area (Å²) in [6.45, 7) is 0. The molecule has 12 heavy (non-hydrogen) atoms. The highest BCUT2D eigenvalue weighted by atomic mass is 35.6. The number of hydrogen-bond acceptors (Lipinski definition) is 4. The van der Waals surface area contributed by atoms with Crippen LogP contribution in [-0.4, -0.2) is 28.8 Å². The minimum Gasteiger partial charge on any atom is -0.377 e. The smallest absolute Gasteiger partial charge is 0.362 e. The molecule has 74 valence electrons. The highest BCUT2D eigenvalue weighted by molar-refractivity contribution is 7.54. The van der Waals surface area contributed by atoms with Crippen LogP contribution in [0, 0.1) is 0 Å². The van der Waals surface area contributed by atoms with E-state index in [1.807, 2.05) is 0 Å². The first-order chi connectivity index (χ1) is 7.57. The number of alkyl halides is 3. The monoisotopic (exact) mass is 264 g/mol. The Hall–Kier alpha value is 0.980. The van der Waals surface area contributed by atoms with Crippen molar-refractivity contribution in [3.05, 3.63) is 0 Å². The summed E-state index contributed by atoms with van der Waals surface area (Å²) >= 11 is 15.6. The van der Waals surface area contributed by atoms with Gasteiger partial charge in [0.05, 0.1) is 8.22 Å². The molecule has 0 saturated heterocycles. The summed E-state index contributed by atoms with van der Waals surface area (Å²) in [5, 5.41) is 9.42. The third-order valence-electron chi connectivity index (χ3n) is 0.847. The molecule has 0 aliphatic carbocycles. The number of hydrogen-bond donors (Lipinski definition) is 1. The minimum absolute atomic E-state index is 2.59. The molecule has 0 aliphatic rings. The van der Waals surface area contributed by atoms with Crippen LogP contribution < -0.4 is 0 Å². The summed E-state index contributed by atoms with van der Waals surface area (Å²) in [6.07, 6.45) is 0. The van der Waals surface area contributed by atoms with Crippen LogP contribution in [0.15, 0.2) is 0 Å². The summed E-state index contributed by atoms with van der Waals surface area (Å²) in [7, 11) is -11.8. The van der Waals surface area contributed by atoms with Crippen LogP contribution in [0.4, 0.5) is 0 Å². The van der Waals surface area contributed by atoms with Crippen molar-refractivity contribution in [2.24, 2.45) is 0 Å². The molecule has 0 heterocycles. The first kappa shape index (κ1) is 5.76. The van der Waals surface area contributed by atoms with Gasteiger partial charge in [-0.2, -0.15) is 0 Å². The molecule has 1 atom stereocenters. The van der Waals surface area contributed by atoms with Crippen LogP contribution in [0.1, 0.15) is 8.22 Å². The Balaban J connectivity index is 5.37. The molecule has 0 amide bonds. The first-order valence-electron chi connectivity index (χ1n) is 5.33. The van der Waals surface area contributed by atoms with Gasteiger partial charge in [-0.1, -0.05) is 34.8 Å². The van der Waals surface area contributed by atoms with Crippen LogP contribution in [-0.2, 0) is 13.6 Å². The molecule has 4 nitrogen and oxygen atoms in total. The fraction of sp³-hybridized carbons (Fsp3) is 1.00. The highest BCUT2D eigenvalue weighted by Crippen LogP contribution is 2.57. The standard InChI is InChI=1S/C4H8Cl3O4P/c1-10-12(9,11-2)3(8)4(5,6)7/h3,8H,1-2H3/i1+1D3,2+1D3. The van der Waals surface area contributed by atoms with Crippen molar-refractivity contribution < 1.29 is 26.9 Å². The number of halogens is 3. The zero-order valence-electron chi connectivity index (χ0n) is 11.3. The summed E-state index contributed by atoms with van der Waals surface area (Å²) in [5.41, 5.74) is 0. The molecule has 0 radical (unpaired) electrons. The number of aliphatic hydroxyl groups is 1. The zero-order valence-corrected chi connectivity index (χ0v) is 8.49. The fourth-order valence-electron chi connectivity index (χ4n) is 0.298. The van der Waals surface area contributed by atoms with Crippen LogP contribution in [0.25, 0.3) is 0 Å². The maximum atomic E-state index is 11.9. The van der Waals surface area contributed by atoms with Gasteiger partial charge in [-0.15, -0.1) is 0 Å². The molecule has 0 aromatic rings. The van der Waals surface area contributed by atoms with Gasteiger partial charge in [0.1, 0.15) is 0 Å². The highest BCUT2D eigenvalue weighted by Gasteiger charge is 2.46. The van der Waals surface area contributed by atoms with Gasteiger partial charge >= 0.3 is 7.60 Å². The largest absolute Gasteiger partial charge is 0.377 e. The summed E-state index contributed by atoms with van der Waals surface area (Å²) in [4.78, 5) is 0. The van der Waals surface area contributed by atoms with Crippen molar-refractivity contribution in [2.75, 3.05) is 14.1 Å². The lowest BCUT2D eigenvalue weighted by atomic mass is 10.8. The molecule has 0 spiro atoms. The van der Waals surface area contributed by atoms with Gasteiger partial charge in [0, 0.05) is 14.1 Å². The Morgan fingerprint density at radius 2 is 1.92 bits per heavy atom. The SMILES string of the molecule is [2H][13C]([2H])([2H])OP(=O)(O[13C]([2H])([2H])[2H])C(O)C(Cl)(Cl)Cl. The topological polar surface area (TPSA) is 55.8 Å². The Morgan fingerprint density at radius 3 is 2.17 bits per heavy atom. The quantitative estimate of drug-likeness (QED) is 0.483. The molecule has 0 fully saturated rings. The van der Waals surface area contributed by atoms with Gasteiger partial charge in [-0.05, 0) is 0 Å². The first-order valence-corrected chi connectivity index (χ1v) is 5.07. The van der Waals surface area contributed by atoms with E-state index in [9.17, 15) is 9.67 Å². The van der Waals surface area contributed by atoms with Crippen molar-refractivity contribution in [1.82, 2.24) is 0 Å². The predicted octanol–water partition coefficient (Wildman–Crippen LogP) is 2.16. The van der Waals surface area contributed by atoms with E-state index >= 15 is 0 Å². The van der Waals surface area contributed by atoms with Crippen molar-refractivity contribution >= 4 is 42.4 Å². The van der Waals surface area contributed by atoms with Crippen molar-refractivity contribution in [1.29, 1.82) is 0 Å². The second-order valence-corrected chi connectivity index (χ2v) is 5.94. The van der Waals surface area contributed by atoms with Crippen molar-refractivity contribution in [3.8, 4) is 0 Å². The normalized spacial score (nSPS) is 25.7. The second kappa shape index (κ2) is 4.47. The van der Waals surface area contributed by atoms with E-state index in [1.54, 1.807) is 0 Å². The second-order valence-electron chi connectivity index (χ2n) is 1.64. The van der Waals surface area contributed by atoms with Crippen LogP contribution in [0.5, 0.6) is 0 Å². The lowest BCUT2D eigenvalue weighted by molar-refractivity contribution is 0.176. The van der Waals surface area contributed by atoms with Crippen LogP contribution in [0.3, 0.4) is 0 Å². The predicted molar refractivity (Wildman–Crippen MR) is 47.9 cm³/mol. The van der Waals surface area contributed by atoms with E-state index in [0.717, 1.165) is 0 Å². The van der Waals surface area contributed by atoms with Crippen molar-refractivity contribution in [3.63, 3.8) is 0 Å². The average molecular weight is 265 g/mol. The van der Waals surface area contributed by atoms with E-state index < -0.39 is 31.3 Å². The molecule has 0 aromatic heterocycles.